The number of likely N-dealkylation sites (tertiary alicyclic amines) is 1. The average molecular weight is 238 g/mol. The Kier molecular flexibility index (Phi) is 3.40. The highest BCUT2D eigenvalue weighted by atomic mass is 16.2. The summed E-state index contributed by atoms with van der Waals surface area (Å²) >= 11 is 0. The molecular formula is C13H22N2O2. The van der Waals surface area contributed by atoms with Crippen molar-refractivity contribution in [3.63, 3.8) is 0 Å². The monoisotopic (exact) mass is 238 g/mol. The third-order valence-electron chi connectivity index (χ3n) is 4.50. The zero-order chi connectivity index (χ0) is 12.5. The van der Waals surface area contributed by atoms with E-state index in [0.29, 0.717) is 5.91 Å². The lowest BCUT2D eigenvalue weighted by molar-refractivity contribution is -0.150. The van der Waals surface area contributed by atoms with Crippen LogP contribution in [0.5, 0.6) is 0 Å². The maximum atomic E-state index is 12.4. The minimum Gasteiger partial charge on any atom is -0.355 e. The van der Waals surface area contributed by atoms with Gasteiger partial charge in [0.2, 0.25) is 12.3 Å². The Hall–Kier alpha value is -1.06. The second kappa shape index (κ2) is 4.67. The van der Waals surface area contributed by atoms with Crippen molar-refractivity contribution in [1.82, 2.24) is 10.2 Å². The third kappa shape index (κ3) is 2.17. The van der Waals surface area contributed by atoms with Gasteiger partial charge in [0.1, 0.15) is 0 Å². The van der Waals surface area contributed by atoms with E-state index in [4.69, 9.17) is 0 Å². The molecule has 4 nitrogen and oxygen atoms in total. The first-order valence-corrected chi connectivity index (χ1v) is 6.56. The summed E-state index contributed by atoms with van der Waals surface area (Å²) in [4.78, 5) is 24.8. The predicted molar refractivity (Wildman–Crippen MR) is 65.3 cm³/mol. The fraction of sp³-hybridized carbons (Fsp3) is 0.846. The first kappa shape index (κ1) is 12.4. The highest BCUT2D eigenvalue weighted by Gasteiger charge is 2.52. The van der Waals surface area contributed by atoms with Gasteiger partial charge in [-0.05, 0) is 31.1 Å². The van der Waals surface area contributed by atoms with Gasteiger partial charge < -0.3 is 10.2 Å². The largest absolute Gasteiger partial charge is 0.355 e. The molecule has 2 rings (SSSR count). The summed E-state index contributed by atoms with van der Waals surface area (Å²) in [5.41, 5.74) is -0.102. The van der Waals surface area contributed by atoms with Crippen LogP contribution in [0.15, 0.2) is 0 Å². The van der Waals surface area contributed by atoms with Crippen LogP contribution < -0.4 is 5.32 Å². The summed E-state index contributed by atoms with van der Waals surface area (Å²) in [5, 5.41) is 2.81. The number of hydrogen-bond donors (Lipinski definition) is 1. The number of amides is 2. The van der Waals surface area contributed by atoms with Gasteiger partial charge in [0.25, 0.3) is 0 Å². The van der Waals surface area contributed by atoms with Crippen LogP contribution in [-0.2, 0) is 9.59 Å². The van der Waals surface area contributed by atoms with Crippen molar-refractivity contribution < 1.29 is 9.59 Å². The van der Waals surface area contributed by atoms with Gasteiger partial charge in [-0.1, -0.05) is 13.8 Å². The fourth-order valence-corrected chi connectivity index (χ4v) is 3.04. The summed E-state index contributed by atoms with van der Waals surface area (Å²) in [5.74, 6) is 0.372. The molecule has 0 spiro atoms. The first-order chi connectivity index (χ1) is 8.07. The van der Waals surface area contributed by atoms with Crippen molar-refractivity contribution in [2.45, 2.75) is 45.6 Å². The van der Waals surface area contributed by atoms with Gasteiger partial charge in [0, 0.05) is 25.0 Å². The van der Waals surface area contributed by atoms with E-state index in [1.807, 2.05) is 4.90 Å². The summed E-state index contributed by atoms with van der Waals surface area (Å²) in [6.45, 7) is 5.97. The molecule has 1 aliphatic heterocycles. The Morgan fingerprint density at radius 3 is 2.47 bits per heavy atom. The number of carbonyl (C=O) groups is 2. The molecule has 17 heavy (non-hydrogen) atoms. The molecule has 1 saturated carbocycles. The molecule has 96 valence electrons. The minimum absolute atomic E-state index is 0.0815. The van der Waals surface area contributed by atoms with Crippen molar-refractivity contribution in [2.75, 3.05) is 13.1 Å². The van der Waals surface area contributed by atoms with Crippen molar-refractivity contribution >= 4 is 12.3 Å². The molecule has 0 radical (unpaired) electrons. The number of nitrogens with zero attached hydrogens (tertiary/aromatic N) is 1. The maximum absolute atomic E-state index is 12.4. The fourth-order valence-electron chi connectivity index (χ4n) is 3.04. The molecule has 0 unspecified atom stereocenters. The maximum Gasteiger partial charge on any atom is 0.226 e. The molecule has 2 aliphatic rings. The van der Waals surface area contributed by atoms with Crippen molar-refractivity contribution in [3.05, 3.63) is 0 Å². The lowest BCUT2D eigenvalue weighted by Crippen LogP contribution is -2.61. The SMILES string of the molecule is CC1(C)[C@H](NC=O)C[C@H]1C(=O)N1CCCCC1. The van der Waals surface area contributed by atoms with Gasteiger partial charge in [-0.15, -0.1) is 0 Å². The Morgan fingerprint density at radius 2 is 1.94 bits per heavy atom. The van der Waals surface area contributed by atoms with E-state index in [0.717, 1.165) is 38.8 Å². The van der Waals surface area contributed by atoms with E-state index in [-0.39, 0.29) is 17.4 Å². The molecule has 0 aromatic heterocycles. The van der Waals surface area contributed by atoms with Gasteiger partial charge in [-0.3, -0.25) is 9.59 Å². The first-order valence-electron chi connectivity index (χ1n) is 6.56. The number of piperidine rings is 1. The standard InChI is InChI=1S/C13H22N2O2/c1-13(2)10(8-11(13)14-9-16)12(17)15-6-4-3-5-7-15/h9-11H,3-8H2,1-2H3,(H,14,16)/t10-,11+/m0/s1. The van der Waals surface area contributed by atoms with E-state index in [1.54, 1.807) is 0 Å². The van der Waals surface area contributed by atoms with E-state index in [9.17, 15) is 9.59 Å². The number of rotatable bonds is 3. The summed E-state index contributed by atoms with van der Waals surface area (Å²) in [7, 11) is 0. The summed E-state index contributed by atoms with van der Waals surface area (Å²) in [6, 6.07) is 0.152. The molecule has 0 aromatic rings. The second-order valence-corrected chi connectivity index (χ2v) is 5.83. The van der Waals surface area contributed by atoms with Crippen LogP contribution in [-0.4, -0.2) is 36.3 Å². The Balaban J connectivity index is 1.95. The van der Waals surface area contributed by atoms with E-state index in [2.05, 4.69) is 19.2 Å². The van der Waals surface area contributed by atoms with E-state index >= 15 is 0 Å². The Labute approximate surface area is 103 Å². The van der Waals surface area contributed by atoms with Crippen LogP contribution in [0.3, 0.4) is 0 Å². The van der Waals surface area contributed by atoms with E-state index < -0.39 is 0 Å². The molecule has 1 N–H and O–H groups in total. The van der Waals surface area contributed by atoms with Crippen LogP contribution in [0.25, 0.3) is 0 Å². The molecule has 2 atom stereocenters. The summed E-state index contributed by atoms with van der Waals surface area (Å²) < 4.78 is 0. The van der Waals surface area contributed by atoms with Gasteiger partial charge >= 0.3 is 0 Å². The van der Waals surface area contributed by atoms with Crippen LogP contribution in [0.1, 0.15) is 39.5 Å². The highest BCUT2D eigenvalue weighted by molar-refractivity contribution is 5.81. The molecule has 0 bridgehead atoms. The smallest absolute Gasteiger partial charge is 0.226 e. The highest BCUT2D eigenvalue weighted by Crippen LogP contribution is 2.47. The Bertz CT molecular complexity index is 309. The molecule has 2 fully saturated rings. The number of hydrogen-bond acceptors (Lipinski definition) is 2. The minimum atomic E-state index is -0.102. The number of nitrogens with one attached hydrogen (secondary N) is 1. The molecular weight excluding hydrogens is 216 g/mol. The third-order valence-corrected chi connectivity index (χ3v) is 4.50. The topological polar surface area (TPSA) is 49.4 Å². The van der Waals surface area contributed by atoms with Crippen molar-refractivity contribution in [3.8, 4) is 0 Å². The van der Waals surface area contributed by atoms with Crippen molar-refractivity contribution in [2.24, 2.45) is 11.3 Å². The van der Waals surface area contributed by atoms with Gasteiger partial charge in [0.15, 0.2) is 0 Å². The predicted octanol–water partition coefficient (Wildman–Crippen LogP) is 1.16. The lowest BCUT2D eigenvalue weighted by Gasteiger charge is -2.52. The lowest BCUT2D eigenvalue weighted by atomic mass is 9.58. The molecule has 1 saturated heterocycles. The molecule has 4 heteroatoms. The number of carbonyl (C=O) groups excluding carboxylic acids is 2. The zero-order valence-corrected chi connectivity index (χ0v) is 10.7. The van der Waals surface area contributed by atoms with Gasteiger partial charge in [-0.25, -0.2) is 0 Å². The molecule has 2 amide bonds. The van der Waals surface area contributed by atoms with Gasteiger partial charge in [0.05, 0.1) is 0 Å². The Morgan fingerprint density at radius 1 is 1.29 bits per heavy atom. The van der Waals surface area contributed by atoms with Crippen molar-refractivity contribution in [1.29, 1.82) is 0 Å². The second-order valence-electron chi connectivity index (χ2n) is 5.83. The average Bonchev–Trinajstić information content (AvgIpc) is 2.34. The molecule has 1 heterocycles. The van der Waals surface area contributed by atoms with Crippen LogP contribution in [0.4, 0.5) is 0 Å². The van der Waals surface area contributed by atoms with Gasteiger partial charge in [-0.2, -0.15) is 0 Å². The zero-order valence-electron chi connectivity index (χ0n) is 10.7. The van der Waals surface area contributed by atoms with Crippen LogP contribution >= 0.6 is 0 Å². The quantitative estimate of drug-likeness (QED) is 0.750. The van der Waals surface area contributed by atoms with Crippen LogP contribution in [0, 0.1) is 11.3 Å². The summed E-state index contributed by atoms with van der Waals surface area (Å²) in [6.07, 6.45) is 5.05. The molecule has 0 aromatic carbocycles. The normalized spacial score (nSPS) is 31.5. The van der Waals surface area contributed by atoms with E-state index in [1.165, 1.54) is 6.42 Å². The van der Waals surface area contributed by atoms with Crippen LogP contribution in [0.2, 0.25) is 0 Å². The molecule has 1 aliphatic carbocycles.